The van der Waals surface area contributed by atoms with E-state index in [4.69, 9.17) is 4.78 Å². The molecule has 0 bridgehead atoms. The van der Waals surface area contributed by atoms with Crippen molar-refractivity contribution in [1.29, 1.82) is 4.78 Å². The Morgan fingerprint density at radius 2 is 1.88 bits per heavy atom. The third kappa shape index (κ3) is 5.42. The molecule has 3 aromatic rings. The monoisotopic (exact) mass is 567 g/mol. The first-order valence-corrected chi connectivity index (χ1v) is 16.1. The number of aryl methyl sites for hydroxylation is 1. The molecular weight excluding hydrogens is 525 g/mol. The van der Waals surface area contributed by atoms with E-state index in [0.29, 0.717) is 23.6 Å². The lowest BCUT2D eigenvalue weighted by atomic mass is 9.89. The van der Waals surface area contributed by atoms with Gasteiger partial charge in [-0.3, -0.25) is 9.78 Å². The highest BCUT2D eigenvalue weighted by atomic mass is 32.2. The number of rotatable bonds is 7. The molecule has 2 aliphatic heterocycles. The third-order valence-corrected chi connectivity index (χ3v) is 11.5. The van der Waals surface area contributed by atoms with E-state index in [0.717, 1.165) is 68.3 Å². The van der Waals surface area contributed by atoms with E-state index in [1.807, 2.05) is 21.9 Å². The standard InChI is InChI=1S/C31H42FN5O2S/c1-20(2)40(33,39)30-15-27(32)6-7-28(30)37-19-26(31-21(3)16-34-17-29(31)37)14-24-8-11-36(18-24)22(4)25-9-12-35(13-10-25)23(5)38/h6-7,15-17,19-20,22,24-25,33H,8-14,18H2,1-5H3/t22-,24+,40?/m1/s1. The van der Waals surface area contributed by atoms with Crippen molar-refractivity contribution in [2.75, 3.05) is 26.2 Å². The number of benzene rings is 1. The molecule has 2 fully saturated rings. The Bertz CT molecular complexity index is 1510. The van der Waals surface area contributed by atoms with Gasteiger partial charge in [0.25, 0.3) is 0 Å². The molecule has 1 N–H and O–H groups in total. The highest BCUT2D eigenvalue weighted by Crippen LogP contribution is 2.35. The number of hydrogen-bond acceptors (Lipinski definition) is 5. The lowest BCUT2D eigenvalue weighted by Crippen LogP contribution is -2.44. The fourth-order valence-corrected chi connectivity index (χ4v) is 7.96. The molecule has 5 rings (SSSR count). The first-order valence-electron chi connectivity index (χ1n) is 14.5. The van der Waals surface area contributed by atoms with Crippen LogP contribution in [0.15, 0.2) is 41.7 Å². The zero-order chi connectivity index (χ0) is 28.8. The predicted molar refractivity (Wildman–Crippen MR) is 158 cm³/mol. The van der Waals surface area contributed by atoms with Gasteiger partial charge < -0.3 is 14.4 Å². The molecule has 3 atom stereocenters. The van der Waals surface area contributed by atoms with Crippen LogP contribution in [0.2, 0.25) is 0 Å². The fraction of sp³-hybridized carbons (Fsp3) is 0.548. The lowest BCUT2D eigenvalue weighted by Gasteiger charge is -2.38. The Morgan fingerprint density at radius 1 is 1.15 bits per heavy atom. The average molecular weight is 568 g/mol. The maximum atomic E-state index is 14.3. The van der Waals surface area contributed by atoms with E-state index in [1.165, 1.54) is 17.7 Å². The summed E-state index contributed by atoms with van der Waals surface area (Å²) in [5.41, 5.74) is 3.76. The minimum atomic E-state index is -3.22. The molecule has 0 spiro atoms. The number of hydrogen-bond donors (Lipinski definition) is 1. The van der Waals surface area contributed by atoms with E-state index < -0.39 is 20.8 Å². The molecule has 7 nitrogen and oxygen atoms in total. The van der Waals surface area contributed by atoms with Crippen LogP contribution in [0.5, 0.6) is 0 Å². The Balaban J connectivity index is 1.41. The molecule has 0 aliphatic carbocycles. The van der Waals surface area contributed by atoms with Gasteiger partial charge in [-0.2, -0.15) is 0 Å². The molecular formula is C31H42FN5O2S. The predicted octanol–water partition coefficient (Wildman–Crippen LogP) is 5.80. The summed E-state index contributed by atoms with van der Waals surface area (Å²) < 4.78 is 38.4. The molecule has 216 valence electrons. The molecule has 40 heavy (non-hydrogen) atoms. The molecule has 2 aromatic heterocycles. The maximum Gasteiger partial charge on any atom is 0.219 e. The van der Waals surface area contributed by atoms with Crippen LogP contribution in [-0.4, -0.2) is 66.9 Å². The van der Waals surface area contributed by atoms with E-state index >= 15 is 0 Å². The smallest absolute Gasteiger partial charge is 0.219 e. The number of aromatic nitrogens is 2. The van der Waals surface area contributed by atoms with Crippen molar-refractivity contribution in [3.63, 3.8) is 0 Å². The molecule has 1 aromatic carbocycles. The first kappa shape index (κ1) is 28.7. The van der Waals surface area contributed by atoms with Gasteiger partial charge in [0.05, 0.1) is 32.0 Å². The van der Waals surface area contributed by atoms with Crippen LogP contribution in [0.1, 0.15) is 58.1 Å². The summed E-state index contributed by atoms with van der Waals surface area (Å²) in [4.78, 5) is 21.0. The quantitative estimate of drug-likeness (QED) is 0.391. The Labute approximate surface area is 237 Å². The number of carbonyl (C=O) groups excluding carboxylic acids is 1. The van der Waals surface area contributed by atoms with Gasteiger partial charge in [0.2, 0.25) is 5.91 Å². The highest BCUT2D eigenvalue weighted by Gasteiger charge is 2.33. The van der Waals surface area contributed by atoms with Gasteiger partial charge in [0.1, 0.15) is 5.82 Å². The lowest BCUT2D eigenvalue weighted by molar-refractivity contribution is -0.130. The van der Waals surface area contributed by atoms with Crippen LogP contribution >= 0.6 is 0 Å². The molecule has 0 radical (unpaired) electrons. The second-order valence-electron chi connectivity index (χ2n) is 12.1. The number of likely N-dealkylation sites (tertiary alicyclic amines) is 2. The number of nitrogens with zero attached hydrogens (tertiary/aromatic N) is 4. The summed E-state index contributed by atoms with van der Waals surface area (Å²) >= 11 is 0. The van der Waals surface area contributed by atoms with Gasteiger partial charge in [-0.15, -0.1) is 0 Å². The van der Waals surface area contributed by atoms with Crippen molar-refractivity contribution in [3.05, 3.63) is 53.7 Å². The number of fused-ring (bicyclic) bond motifs is 1. The SMILES string of the molecule is CC(=O)N1CCC([C@@H](C)N2CC[C@@H](Cc3cn(-c4ccc(F)cc4S(=N)(=O)C(C)C)c4cncc(C)c34)C2)CC1. The average Bonchev–Trinajstić information content (AvgIpc) is 3.54. The van der Waals surface area contributed by atoms with Gasteiger partial charge in [0.15, 0.2) is 0 Å². The van der Waals surface area contributed by atoms with E-state index in [-0.39, 0.29) is 10.8 Å². The molecule has 1 amide bonds. The second kappa shape index (κ2) is 11.2. The van der Waals surface area contributed by atoms with Crippen molar-refractivity contribution in [1.82, 2.24) is 19.4 Å². The molecule has 2 saturated heterocycles. The Kier molecular flexibility index (Phi) is 8.08. The highest BCUT2D eigenvalue weighted by molar-refractivity contribution is 7.93. The Morgan fingerprint density at radius 3 is 2.55 bits per heavy atom. The summed E-state index contributed by atoms with van der Waals surface area (Å²) in [6.07, 6.45) is 9.96. The molecule has 2 aliphatic rings. The number of amides is 1. The van der Waals surface area contributed by atoms with E-state index in [9.17, 15) is 13.4 Å². The number of carbonyl (C=O) groups is 1. The van der Waals surface area contributed by atoms with Crippen molar-refractivity contribution >= 4 is 26.5 Å². The molecule has 0 saturated carbocycles. The van der Waals surface area contributed by atoms with E-state index in [2.05, 4.69) is 29.9 Å². The van der Waals surface area contributed by atoms with Crippen molar-refractivity contribution < 1.29 is 13.4 Å². The van der Waals surface area contributed by atoms with Crippen LogP contribution in [0.4, 0.5) is 4.39 Å². The summed E-state index contributed by atoms with van der Waals surface area (Å²) in [7, 11) is -3.22. The van der Waals surface area contributed by atoms with Gasteiger partial charge in [-0.05, 0) is 101 Å². The van der Waals surface area contributed by atoms with Gasteiger partial charge in [-0.25, -0.2) is 13.4 Å². The summed E-state index contributed by atoms with van der Waals surface area (Å²) in [6, 6.07) is 4.77. The number of halogens is 1. The second-order valence-corrected chi connectivity index (χ2v) is 14.7. The van der Waals surface area contributed by atoms with Crippen LogP contribution < -0.4 is 0 Å². The largest absolute Gasteiger partial charge is 0.343 e. The number of nitrogens with one attached hydrogen (secondary N) is 1. The van der Waals surface area contributed by atoms with Crippen molar-refractivity contribution in [3.8, 4) is 5.69 Å². The van der Waals surface area contributed by atoms with Gasteiger partial charge in [-0.1, -0.05) is 0 Å². The summed E-state index contributed by atoms with van der Waals surface area (Å²) in [5, 5.41) is 0.685. The van der Waals surface area contributed by atoms with Crippen molar-refractivity contribution in [2.45, 2.75) is 76.5 Å². The number of pyridine rings is 1. The number of piperidine rings is 1. The van der Waals surface area contributed by atoms with Gasteiger partial charge >= 0.3 is 0 Å². The summed E-state index contributed by atoms with van der Waals surface area (Å²) in [6.45, 7) is 13.4. The zero-order valence-corrected chi connectivity index (χ0v) is 25.1. The third-order valence-electron chi connectivity index (χ3n) is 9.22. The minimum Gasteiger partial charge on any atom is -0.343 e. The van der Waals surface area contributed by atoms with Gasteiger partial charge in [0, 0.05) is 55.6 Å². The summed E-state index contributed by atoms with van der Waals surface area (Å²) in [5.74, 6) is 0.814. The topological polar surface area (TPSA) is 82.3 Å². The Hall–Kier alpha value is -2.78. The first-order chi connectivity index (χ1) is 19.0. The zero-order valence-electron chi connectivity index (χ0n) is 24.3. The fourth-order valence-electron chi connectivity index (χ4n) is 6.68. The molecule has 9 heteroatoms. The maximum absolute atomic E-state index is 14.3. The molecule has 4 heterocycles. The van der Waals surface area contributed by atoms with Crippen molar-refractivity contribution in [2.24, 2.45) is 11.8 Å². The molecule has 1 unspecified atom stereocenters. The van der Waals surface area contributed by atoms with Crippen LogP contribution in [-0.2, 0) is 20.9 Å². The van der Waals surface area contributed by atoms with E-state index in [1.54, 1.807) is 26.8 Å². The van der Waals surface area contributed by atoms with Crippen LogP contribution in [0.25, 0.3) is 16.6 Å². The van der Waals surface area contributed by atoms with Crippen LogP contribution in [0.3, 0.4) is 0 Å². The normalized spacial score (nSPS) is 21.3. The minimum absolute atomic E-state index is 0.180. The van der Waals surface area contributed by atoms with Crippen LogP contribution in [0, 0.1) is 29.4 Å².